The van der Waals surface area contributed by atoms with Gasteiger partial charge >= 0.3 is 5.97 Å². The summed E-state index contributed by atoms with van der Waals surface area (Å²) in [6.45, 7) is 0.0638. The largest absolute Gasteiger partial charge is 0.478 e. The summed E-state index contributed by atoms with van der Waals surface area (Å²) in [5, 5.41) is 18.7. The highest BCUT2D eigenvalue weighted by molar-refractivity contribution is 7.91. The van der Waals surface area contributed by atoms with Crippen LogP contribution in [0.3, 0.4) is 0 Å². The highest BCUT2D eigenvalue weighted by atomic mass is 32.2. The fourth-order valence-electron chi connectivity index (χ4n) is 1.52. The number of sulfonamides is 1. The van der Waals surface area contributed by atoms with Gasteiger partial charge in [0, 0.05) is 11.9 Å². The highest BCUT2D eigenvalue weighted by Gasteiger charge is 2.18. The molecule has 0 fully saturated rings. The van der Waals surface area contributed by atoms with Crippen LogP contribution in [0.25, 0.3) is 0 Å². The maximum absolute atomic E-state index is 12.0. The number of carboxylic acids is 1. The molecule has 0 saturated heterocycles. The zero-order valence-electron chi connectivity index (χ0n) is 10.6. The molecule has 0 unspecified atom stereocenters. The van der Waals surface area contributed by atoms with Crippen molar-refractivity contribution in [2.24, 2.45) is 0 Å². The summed E-state index contributed by atoms with van der Waals surface area (Å²) in [6.07, 6.45) is 0. The molecule has 0 aliphatic carbocycles. The molecule has 2 rings (SSSR count). The molecule has 0 spiro atoms. The molecule has 2 N–H and O–H groups in total. The second kappa shape index (κ2) is 6.05. The Morgan fingerprint density at radius 2 is 2.00 bits per heavy atom. The predicted octanol–water partition coefficient (Wildman–Crippen LogP) is 1.80. The molecule has 1 aromatic carbocycles. The number of hydrogen-bond acceptors (Lipinski definition) is 5. The highest BCUT2D eigenvalue weighted by Crippen LogP contribution is 2.20. The second-order valence-electron chi connectivity index (χ2n) is 4.09. The van der Waals surface area contributed by atoms with Crippen LogP contribution < -0.4 is 4.72 Å². The normalized spacial score (nSPS) is 11.0. The summed E-state index contributed by atoms with van der Waals surface area (Å²) in [5.41, 5.74) is 1.14. The van der Waals surface area contributed by atoms with Crippen LogP contribution in [-0.4, -0.2) is 19.5 Å². The molecule has 8 heteroatoms. The van der Waals surface area contributed by atoms with Gasteiger partial charge < -0.3 is 5.11 Å². The Balaban J connectivity index is 2.09. The molecule has 21 heavy (non-hydrogen) atoms. The smallest absolute Gasteiger partial charge is 0.336 e. The molecular weight excluding hydrogens is 312 g/mol. The summed E-state index contributed by atoms with van der Waals surface area (Å²) in [4.78, 5) is 10.7. The Morgan fingerprint density at radius 1 is 1.33 bits per heavy atom. The molecule has 0 radical (unpaired) electrons. The Labute approximate surface area is 125 Å². The fraction of sp³-hybridized carbons (Fsp3) is 0.0769. The number of rotatable bonds is 5. The van der Waals surface area contributed by atoms with Gasteiger partial charge in [0.2, 0.25) is 10.0 Å². The van der Waals surface area contributed by atoms with Gasteiger partial charge in [0.25, 0.3) is 0 Å². The third kappa shape index (κ3) is 3.66. The molecule has 0 bridgehead atoms. The van der Waals surface area contributed by atoms with Crippen molar-refractivity contribution in [2.75, 3.05) is 0 Å². The van der Waals surface area contributed by atoms with Gasteiger partial charge in [0.05, 0.1) is 17.2 Å². The molecular formula is C13H10N2O4S2. The summed E-state index contributed by atoms with van der Waals surface area (Å²) < 4.78 is 26.4. The molecule has 1 aromatic heterocycles. The first kappa shape index (κ1) is 15.2. The number of carbonyl (C=O) groups is 1. The molecule has 0 amide bonds. The SMILES string of the molecule is N#Cc1ccc(CNS(=O)(=O)c2cc(C(=O)O)cs2)cc1. The zero-order valence-corrected chi connectivity index (χ0v) is 12.2. The quantitative estimate of drug-likeness (QED) is 0.872. The number of thiophene rings is 1. The lowest BCUT2D eigenvalue weighted by atomic mass is 10.1. The monoisotopic (exact) mass is 322 g/mol. The lowest BCUT2D eigenvalue weighted by Crippen LogP contribution is -2.22. The summed E-state index contributed by atoms with van der Waals surface area (Å²) in [5.74, 6) is -1.17. The van der Waals surface area contributed by atoms with Gasteiger partial charge in [-0.15, -0.1) is 11.3 Å². The molecule has 0 aliphatic rings. The van der Waals surface area contributed by atoms with Crippen molar-refractivity contribution in [3.63, 3.8) is 0 Å². The summed E-state index contributed by atoms with van der Waals surface area (Å²) >= 11 is 0.852. The van der Waals surface area contributed by atoms with E-state index in [1.807, 2.05) is 6.07 Å². The van der Waals surface area contributed by atoms with Crippen LogP contribution in [0.1, 0.15) is 21.5 Å². The first-order valence-corrected chi connectivity index (χ1v) is 8.09. The summed E-state index contributed by atoms with van der Waals surface area (Å²) in [7, 11) is -3.75. The van der Waals surface area contributed by atoms with Crippen molar-refractivity contribution >= 4 is 27.3 Å². The lowest BCUT2D eigenvalue weighted by molar-refractivity contribution is 0.0697. The Morgan fingerprint density at radius 3 is 2.52 bits per heavy atom. The van der Waals surface area contributed by atoms with Crippen LogP contribution in [0.15, 0.2) is 39.9 Å². The van der Waals surface area contributed by atoms with E-state index >= 15 is 0 Å². The van der Waals surface area contributed by atoms with Gasteiger partial charge in [-0.1, -0.05) is 12.1 Å². The Kier molecular flexibility index (Phi) is 4.37. The predicted molar refractivity (Wildman–Crippen MR) is 76.5 cm³/mol. The number of carboxylic acid groups (broad SMARTS) is 1. The molecule has 6 nitrogen and oxygen atoms in total. The average Bonchev–Trinajstić information content (AvgIpc) is 2.97. The Hall–Kier alpha value is -2.21. The van der Waals surface area contributed by atoms with Crippen molar-refractivity contribution in [3.05, 3.63) is 52.4 Å². The van der Waals surface area contributed by atoms with Crippen LogP contribution in [0, 0.1) is 11.3 Å². The standard InChI is InChI=1S/C13H10N2O4S2/c14-6-9-1-3-10(4-2-9)7-15-21(18,19)12-5-11(8-20-12)13(16)17/h1-5,8,15H,7H2,(H,16,17). The number of hydrogen-bond donors (Lipinski definition) is 2. The van der Waals surface area contributed by atoms with E-state index in [1.54, 1.807) is 24.3 Å². The molecule has 108 valence electrons. The molecule has 0 aliphatic heterocycles. The third-order valence-electron chi connectivity index (χ3n) is 2.64. The van der Waals surface area contributed by atoms with Crippen LogP contribution in [0.5, 0.6) is 0 Å². The number of nitrogens with zero attached hydrogens (tertiary/aromatic N) is 1. The van der Waals surface area contributed by atoms with Crippen molar-refractivity contribution in [2.45, 2.75) is 10.8 Å². The van der Waals surface area contributed by atoms with Crippen LogP contribution in [-0.2, 0) is 16.6 Å². The third-order valence-corrected chi connectivity index (χ3v) is 5.48. The van der Waals surface area contributed by atoms with Crippen LogP contribution in [0.4, 0.5) is 0 Å². The van der Waals surface area contributed by atoms with E-state index in [1.165, 1.54) is 5.38 Å². The van der Waals surface area contributed by atoms with Gasteiger partial charge in [-0.2, -0.15) is 5.26 Å². The van der Waals surface area contributed by atoms with E-state index in [2.05, 4.69) is 4.72 Å². The van der Waals surface area contributed by atoms with E-state index in [9.17, 15) is 13.2 Å². The molecule has 0 saturated carbocycles. The lowest BCUT2D eigenvalue weighted by Gasteiger charge is -2.04. The number of aromatic carboxylic acids is 1. The second-order valence-corrected chi connectivity index (χ2v) is 7.00. The first-order valence-electron chi connectivity index (χ1n) is 5.73. The minimum atomic E-state index is -3.75. The average molecular weight is 322 g/mol. The van der Waals surface area contributed by atoms with Crippen molar-refractivity contribution in [1.29, 1.82) is 5.26 Å². The van der Waals surface area contributed by atoms with E-state index in [-0.39, 0.29) is 16.3 Å². The van der Waals surface area contributed by atoms with Crippen molar-refractivity contribution in [3.8, 4) is 6.07 Å². The van der Waals surface area contributed by atoms with Gasteiger partial charge in [0.15, 0.2) is 0 Å². The molecule has 2 aromatic rings. The zero-order chi connectivity index (χ0) is 15.5. The van der Waals surface area contributed by atoms with E-state index in [0.29, 0.717) is 11.1 Å². The fourth-order valence-corrected chi connectivity index (χ4v) is 3.73. The van der Waals surface area contributed by atoms with Crippen LogP contribution in [0.2, 0.25) is 0 Å². The molecule has 0 atom stereocenters. The van der Waals surface area contributed by atoms with Crippen LogP contribution >= 0.6 is 11.3 Å². The van der Waals surface area contributed by atoms with Gasteiger partial charge in [0.1, 0.15) is 4.21 Å². The first-order chi connectivity index (χ1) is 9.92. The summed E-state index contributed by atoms with van der Waals surface area (Å²) in [6, 6.07) is 9.58. The number of nitriles is 1. The maximum atomic E-state index is 12.0. The number of nitrogens with one attached hydrogen (secondary N) is 1. The van der Waals surface area contributed by atoms with E-state index in [0.717, 1.165) is 17.4 Å². The van der Waals surface area contributed by atoms with Crippen molar-refractivity contribution in [1.82, 2.24) is 4.72 Å². The van der Waals surface area contributed by atoms with Gasteiger partial charge in [-0.05, 0) is 23.8 Å². The van der Waals surface area contributed by atoms with E-state index in [4.69, 9.17) is 10.4 Å². The maximum Gasteiger partial charge on any atom is 0.336 e. The topological polar surface area (TPSA) is 107 Å². The minimum Gasteiger partial charge on any atom is -0.478 e. The van der Waals surface area contributed by atoms with Gasteiger partial charge in [-0.25, -0.2) is 17.9 Å². The van der Waals surface area contributed by atoms with Gasteiger partial charge in [-0.3, -0.25) is 0 Å². The number of benzene rings is 1. The molecule has 1 heterocycles. The van der Waals surface area contributed by atoms with E-state index < -0.39 is 16.0 Å². The van der Waals surface area contributed by atoms with Crippen molar-refractivity contribution < 1.29 is 18.3 Å². The Bertz CT molecular complexity index is 801. The minimum absolute atomic E-state index is 0.0476.